The lowest BCUT2D eigenvalue weighted by atomic mass is 9.87. The van der Waals surface area contributed by atoms with Gasteiger partial charge in [0.1, 0.15) is 11.4 Å². The lowest BCUT2D eigenvalue weighted by Gasteiger charge is -2.25. The first-order chi connectivity index (χ1) is 12.9. The van der Waals surface area contributed by atoms with Crippen molar-refractivity contribution in [3.8, 4) is 0 Å². The molecule has 2 aromatic carbocycles. The predicted molar refractivity (Wildman–Crippen MR) is 98.8 cm³/mol. The summed E-state index contributed by atoms with van der Waals surface area (Å²) >= 11 is 0. The van der Waals surface area contributed by atoms with Gasteiger partial charge in [0.25, 0.3) is 5.91 Å². The summed E-state index contributed by atoms with van der Waals surface area (Å²) in [7, 11) is 0. The van der Waals surface area contributed by atoms with Crippen molar-refractivity contribution < 1.29 is 18.8 Å². The third-order valence-electron chi connectivity index (χ3n) is 5.03. The van der Waals surface area contributed by atoms with Gasteiger partial charge in [-0.3, -0.25) is 14.5 Å². The minimum atomic E-state index is -1.28. The number of benzene rings is 2. The molecule has 1 saturated heterocycles. The Hall–Kier alpha value is -3.02. The maximum absolute atomic E-state index is 13.2. The first-order valence-electron chi connectivity index (χ1n) is 8.93. The number of amides is 3. The van der Waals surface area contributed by atoms with Crippen LogP contribution in [-0.4, -0.2) is 29.2 Å². The fraction of sp³-hybridized carbons (Fsp3) is 0.286. The Labute approximate surface area is 157 Å². The number of hydrogen-bond acceptors (Lipinski definition) is 3. The van der Waals surface area contributed by atoms with E-state index in [1.807, 2.05) is 19.1 Å². The number of nitrogens with one attached hydrogen (secondary N) is 1. The third-order valence-corrected chi connectivity index (χ3v) is 5.03. The maximum atomic E-state index is 13.2. The van der Waals surface area contributed by atoms with Gasteiger partial charge >= 0.3 is 6.03 Å². The fourth-order valence-corrected chi connectivity index (χ4v) is 3.30. The molecule has 1 aliphatic rings. The van der Waals surface area contributed by atoms with Crippen molar-refractivity contribution in [2.45, 2.75) is 32.2 Å². The molecule has 6 heteroatoms. The Bertz CT molecular complexity index is 877. The minimum Gasteiger partial charge on any atom is -0.319 e. The van der Waals surface area contributed by atoms with Crippen LogP contribution in [0.3, 0.4) is 0 Å². The van der Waals surface area contributed by atoms with Crippen LogP contribution in [0.25, 0.3) is 0 Å². The van der Waals surface area contributed by atoms with Crippen LogP contribution in [0.1, 0.15) is 41.8 Å². The topological polar surface area (TPSA) is 66.5 Å². The second-order valence-corrected chi connectivity index (χ2v) is 6.56. The summed E-state index contributed by atoms with van der Waals surface area (Å²) in [5.74, 6) is -1.24. The summed E-state index contributed by atoms with van der Waals surface area (Å²) in [4.78, 5) is 38.9. The molecule has 0 saturated carbocycles. The zero-order valence-corrected chi connectivity index (χ0v) is 15.3. The Morgan fingerprint density at radius 2 is 1.67 bits per heavy atom. The van der Waals surface area contributed by atoms with Crippen molar-refractivity contribution in [2.24, 2.45) is 0 Å². The van der Waals surface area contributed by atoms with E-state index in [-0.39, 0.29) is 12.3 Å². The lowest BCUT2D eigenvalue weighted by molar-refractivity contribution is -0.131. The largest absolute Gasteiger partial charge is 0.325 e. The Morgan fingerprint density at radius 1 is 1.04 bits per heavy atom. The molecule has 1 unspecified atom stereocenters. The van der Waals surface area contributed by atoms with Gasteiger partial charge in [0, 0.05) is 5.56 Å². The van der Waals surface area contributed by atoms with Crippen molar-refractivity contribution in [1.82, 2.24) is 10.2 Å². The summed E-state index contributed by atoms with van der Waals surface area (Å²) in [6.07, 6.45) is 1.15. The maximum Gasteiger partial charge on any atom is 0.325 e. The number of nitrogens with zero attached hydrogens (tertiary/aromatic N) is 1. The van der Waals surface area contributed by atoms with E-state index in [0.29, 0.717) is 17.5 Å². The van der Waals surface area contributed by atoms with E-state index < -0.39 is 23.3 Å². The molecule has 1 heterocycles. The molecular formula is C21H21FN2O3. The molecule has 1 fully saturated rings. The molecule has 1 N–H and O–H groups in total. The summed E-state index contributed by atoms with van der Waals surface area (Å²) in [6.45, 7) is 3.44. The van der Waals surface area contributed by atoms with Crippen LogP contribution in [0.15, 0.2) is 48.5 Å². The van der Waals surface area contributed by atoms with Crippen LogP contribution in [0.4, 0.5) is 9.18 Å². The molecule has 0 aliphatic carbocycles. The van der Waals surface area contributed by atoms with Crippen molar-refractivity contribution in [3.63, 3.8) is 0 Å². The highest BCUT2D eigenvalue weighted by Crippen LogP contribution is 2.32. The van der Waals surface area contributed by atoms with E-state index in [1.54, 1.807) is 19.1 Å². The van der Waals surface area contributed by atoms with Gasteiger partial charge in [0.05, 0.1) is 6.54 Å². The van der Waals surface area contributed by atoms with Gasteiger partial charge in [-0.25, -0.2) is 9.18 Å². The fourth-order valence-electron chi connectivity index (χ4n) is 3.30. The number of urea groups is 1. The third kappa shape index (κ3) is 3.35. The van der Waals surface area contributed by atoms with Crippen LogP contribution in [-0.2, 0) is 16.8 Å². The van der Waals surface area contributed by atoms with E-state index in [2.05, 4.69) is 5.32 Å². The highest BCUT2D eigenvalue weighted by atomic mass is 19.1. The second kappa shape index (κ2) is 7.31. The summed E-state index contributed by atoms with van der Waals surface area (Å²) < 4.78 is 13.2. The van der Waals surface area contributed by atoms with Crippen LogP contribution in [0.5, 0.6) is 0 Å². The molecule has 140 valence electrons. The molecular weight excluding hydrogens is 347 g/mol. The number of carbonyl (C=O) groups is 3. The Kier molecular flexibility index (Phi) is 5.08. The van der Waals surface area contributed by atoms with E-state index in [0.717, 1.165) is 16.9 Å². The molecule has 1 atom stereocenters. The molecule has 3 rings (SSSR count). The first-order valence-corrected chi connectivity index (χ1v) is 8.93. The highest BCUT2D eigenvalue weighted by Gasteiger charge is 2.51. The Balaban J connectivity index is 1.84. The zero-order chi connectivity index (χ0) is 19.6. The van der Waals surface area contributed by atoms with E-state index in [4.69, 9.17) is 0 Å². The molecule has 1 aliphatic heterocycles. The molecule has 3 amide bonds. The lowest BCUT2D eigenvalue weighted by Crippen LogP contribution is -2.43. The number of carbonyl (C=O) groups excluding carboxylic acids is 3. The van der Waals surface area contributed by atoms with E-state index in [1.165, 1.54) is 24.3 Å². The smallest absolute Gasteiger partial charge is 0.319 e. The van der Waals surface area contributed by atoms with Crippen LogP contribution in [0.2, 0.25) is 0 Å². The second-order valence-electron chi connectivity index (χ2n) is 6.56. The quantitative estimate of drug-likeness (QED) is 0.627. The van der Waals surface area contributed by atoms with Crippen molar-refractivity contribution in [2.75, 3.05) is 6.54 Å². The van der Waals surface area contributed by atoms with Crippen LogP contribution >= 0.6 is 0 Å². The molecule has 0 bridgehead atoms. The average Bonchev–Trinajstić information content (AvgIpc) is 2.93. The summed E-state index contributed by atoms with van der Waals surface area (Å²) in [6, 6.07) is 11.9. The van der Waals surface area contributed by atoms with E-state index >= 15 is 0 Å². The summed E-state index contributed by atoms with van der Waals surface area (Å²) in [5.41, 5.74) is 0.760. The average molecular weight is 368 g/mol. The van der Waals surface area contributed by atoms with Crippen LogP contribution < -0.4 is 5.32 Å². The molecule has 0 aromatic heterocycles. The van der Waals surface area contributed by atoms with Gasteiger partial charge in [-0.2, -0.15) is 0 Å². The molecule has 27 heavy (non-hydrogen) atoms. The van der Waals surface area contributed by atoms with Crippen molar-refractivity contribution in [1.29, 1.82) is 0 Å². The first kappa shape index (κ1) is 18.8. The van der Waals surface area contributed by atoms with Gasteiger partial charge in [0.15, 0.2) is 5.78 Å². The number of rotatable bonds is 6. The number of aryl methyl sites for hydroxylation is 1. The van der Waals surface area contributed by atoms with Gasteiger partial charge in [0.2, 0.25) is 0 Å². The number of Topliss-reactive ketones (excluding diaryl/α,β-unsaturated/α-hetero) is 1. The molecule has 0 spiro atoms. The normalized spacial score (nSPS) is 19.3. The number of ketones is 1. The van der Waals surface area contributed by atoms with Crippen LogP contribution in [0, 0.1) is 5.82 Å². The minimum absolute atomic E-state index is 0.291. The number of imide groups is 1. The van der Waals surface area contributed by atoms with Gasteiger partial charge in [-0.1, -0.05) is 50.2 Å². The monoisotopic (exact) mass is 368 g/mol. The van der Waals surface area contributed by atoms with Gasteiger partial charge in [-0.15, -0.1) is 0 Å². The SMILES string of the molecule is CCc1ccc(C(=O)CN2C(=O)NC(CC)(c3ccc(F)cc3)C2=O)cc1. The van der Waals surface area contributed by atoms with Gasteiger partial charge < -0.3 is 5.32 Å². The molecule has 5 nitrogen and oxygen atoms in total. The number of halogens is 1. The number of hydrogen-bond donors (Lipinski definition) is 1. The summed E-state index contributed by atoms with van der Waals surface area (Å²) in [5, 5.41) is 2.69. The molecule has 2 aromatic rings. The standard InChI is InChI=1S/C21H21FN2O3/c1-3-14-5-7-15(8-6-14)18(25)13-24-19(26)21(4-2,23-20(24)27)16-9-11-17(22)12-10-16/h5-12H,3-4,13H2,1-2H3,(H,23,27). The highest BCUT2D eigenvalue weighted by molar-refractivity contribution is 6.11. The van der Waals surface area contributed by atoms with Gasteiger partial charge in [-0.05, 0) is 36.1 Å². The predicted octanol–water partition coefficient (Wildman–Crippen LogP) is 3.43. The Morgan fingerprint density at radius 3 is 2.22 bits per heavy atom. The van der Waals surface area contributed by atoms with E-state index in [9.17, 15) is 18.8 Å². The van der Waals surface area contributed by atoms with Crippen molar-refractivity contribution >= 4 is 17.7 Å². The molecule has 0 radical (unpaired) electrons. The van der Waals surface area contributed by atoms with Crippen molar-refractivity contribution in [3.05, 3.63) is 71.0 Å². The zero-order valence-electron chi connectivity index (χ0n) is 15.3.